The second-order valence-corrected chi connectivity index (χ2v) is 16.3. The molecule has 6 nitrogen and oxygen atoms in total. The fourth-order valence-corrected chi connectivity index (χ4v) is 6.86. The Morgan fingerprint density at radius 3 is 1.10 bits per heavy atom. The highest BCUT2D eigenvalue weighted by atomic mass is 16.6. The molecule has 1 unspecified atom stereocenters. The Hall–Kier alpha value is -2.63. The number of unbranched alkanes of at least 4 members (excludes halogenated alkanes) is 25. The van der Waals surface area contributed by atoms with Gasteiger partial charge in [0.2, 0.25) is 0 Å². The fraction of sp³-hybridized carbons (Fsp3) is 0.788. The first kappa shape index (κ1) is 55.4. The molecular weight excluding hydrogens is 721 g/mol. The fourth-order valence-electron chi connectivity index (χ4n) is 6.86. The van der Waals surface area contributed by atoms with E-state index in [4.69, 9.17) is 14.2 Å². The summed E-state index contributed by atoms with van der Waals surface area (Å²) in [6.45, 7) is 6.47. The minimum Gasteiger partial charge on any atom is -0.462 e. The lowest BCUT2D eigenvalue weighted by Gasteiger charge is -2.18. The maximum absolute atomic E-state index is 12.7. The number of allylic oxidation sites excluding steroid dienone is 8. The molecule has 0 aliphatic heterocycles. The van der Waals surface area contributed by atoms with E-state index in [0.717, 1.165) is 77.0 Å². The van der Waals surface area contributed by atoms with Crippen LogP contribution in [0, 0.1) is 0 Å². The van der Waals surface area contributed by atoms with Gasteiger partial charge in [0, 0.05) is 19.3 Å². The van der Waals surface area contributed by atoms with Crippen LogP contribution in [0.5, 0.6) is 0 Å². The Balaban J connectivity index is 4.36. The summed E-state index contributed by atoms with van der Waals surface area (Å²) in [4.78, 5) is 37.8. The van der Waals surface area contributed by atoms with Gasteiger partial charge in [0.1, 0.15) is 13.2 Å². The van der Waals surface area contributed by atoms with Crippen LogP contribution in [0.2, 0.25) is 0 Å². The first-order valence-corrected chi connectivity index (χ1v) is 24.6. The Bertz CT molecular complexity index is 1030. The van der Waals surface area contributed by atoms with Gasteiger partial charge in [0.15, 0.2) is 6.10 Å². The first-order chi connectivity index (χ1) is 28.5. The molecule has 58 heavy (non-hydrogen) atoms. The molecule has 6 heteroatoms. The molecule has 0 amide bonds. The van der Waals surface area contributed by atoms with Crippen molar-refractivity contribution in [3.8, 4) is 0 Å². The molecule has 0 aliphatic carbocycles. The molecule has 0 fully saturated rings. The van der Waals surface area contributed by atoms with Gasteiger partial charge in [-0.15, -0.1) is 0 Å². The van der Waals surface area contributed by atoms with Crippen LogP contribution in [0.1, 0.15) is 245 Å². The van der Waals surface area contributed by atoms with E-state index in [1.165, 1.54) is 122 Å². The minimum absolute atomic E-state index is 0.0895. The van der Waals surface area contributed by atoms with Gasteiger partial charge in [-0.1, -0.05) is 198 Å². The number of hydrogen-bond donors (Lipinski definition) is 0. The molecule has 336 valence electrons. The SMILES string of the molecule is CC/C=C\C/C=C\C/C=C\CCCCC(=O)OC(COC(=O)CCCCCCC/C=C\CCCCCCCCCCC)COC(=O)CCCCCCCCCCCC. The Morgan fingerprint density at radius 1 is 0.362 bits per heavy atom. The zero-order valence-electron chi connectivity index (χ0n) is 38.3. The van der Waals surface area contributed by atoms with Crippen molar-refractivity contribution >= 4 is 17.9 Å². The molecule has 0 bridgehead atoms. The van der Waals surface area contributed by atoms with E-state index in [-0.39, 0.29) is 37.5 Å². The third-order valence-electron chi connectivity index (χ3n) is 10.6. The maximum Gasteiger partial charge on any atom is 0.306 e. The van der Waals surface area contributed by atoms with Gasteiger partial charge in [-0.3, -0.25) is 14.4 Å². The average molecular weight is 813 g/mol. The van der Waals surface area contributed by atoms with Crippen LogP contribution >= 0.6 is 0 Å². The highest BCUT2D eigenvalue weighted by Gasteiger charge is 2.19. The molecule has 1 atom stereocenters. The van der Waals surface area contributed by atoms with E-state index in [2.05, 4.69) is 69.4 Å². The summed E-state index contributed by atoms with van der Waals surface area (Å²) in [5.74, 6) is -0.936. The molecule has 0 saturated carbocycles. The molecule has 0 aliphatic rings. The van der Waals surface area contributed by atoms with Crippen molar-refractivity contribution in [3.63, 3.8) is 0 Å². The number of rotatable bonds is 44. The summed E-state index contributed by atoms with van der Waals surface area (Å²) < 4.78 is 16.7. The Morgan fingerprint density at radius 2 is 0.672 bits per heavy atom. The van der Waals surface area contributed by atoms with Crippen LogP contribution in [0.25, 0.3) is 0 Å². The Labute approximate surface area is 358 Å². The number of esters is 3. The summed E-state index contributed by atoms with van der Waals surface area (Å²) in [5.41, 5.74) is 0. The zero-order chi connectivity index (χ0) is 42.3. The van der Waals surface area contributed by atoms with E-state index >= 15 is 0 Å². The van der Waals surface area contributed by atoms with Gasteiger partial charge in [-0.2, -0.15) is 0 Å². The van der Waals surface area contributed by atoms with Crippen molar-refractivity contribution in [1.82, 2.24) is 0 Å². The summed E-state index contributed by atoms with van der Waals surface area (Å²) in [5, 5.41) is 0. The van der Waals surface area contributed by atoms with E-state index in [1.54, 1.807) is 0 Å². The summed E-state index contributed by atoms with van der Waals surface area (Å²) in [6, 6.07) is 0. The van der Waals surface area contributed by atoms with E-state index in [0.29, 0.717) is 19.3 Å². The van der Waals surface area contributed by atoms with Crippen molar-refractivity contribution in [2.75, 3.05) is 13.2 Å². The molecule has 0 aromatic carbocycles. The normalized spacial score (nSPS) is 12.4. The lowest BCUT2D eigenvalue weighted by atomic mass is 10.1. The highest BCUT2D eigenvalue weighted by molar-refractivity contribution is 5.71. The van der Waals surface area contributed by atoms with Crippen molar-refractivity contribution in [3.05, 3.63) is 48.6 Å². The molecule has 0 heterocycles. The largest absolute Gasteiger partial charge is 0.462 e. The number of carbonyl (C=O) groups excluding carboxylic acids is 3. The van der Waals surface area contributed by atoms with Crippen LogP contribution in [0.4, 0.5) is 0 Å². The lowest BCUT2D eigenvalue weighted by Crippen LogP contribution is -2.30. The topological polar surface area (TPSA) is 78.9 Å². The van der Waals surface area contributed by atoms with Crippen molar-refractivity contribution in [2.45, 2.75) is 252 Å². The lowest BCUT2D eigenvalue weighted by molar-refractivity contribution is -0.167. The quantitative estimate of drug-likeness (QED) is 0.0264. The van der Waals surface area contributed by atoms with Crippen LogP contribution < -0.4 is 0 Å². The predicted molar refractivity (Wildman–Crippen MR) is 247 cm³/mol. The maximum atomic E-state index is 12.7. The molecule has 0 aromatic rings. The van der Waals surface area contributed by atoms with Gasteiger partial charge in [-0.05, 0) is 77.0 Å². The highest BCUT2D eigenvalue weighted by Crippen LogP contribution is 2.14. The van der Waals surface area contributed by atoms with Crippen molar-refractivity contribution in [2.24, 2.45) is 0 Å². The summed E-state index contributed by atoms with van der Waals surface area (Å²) in [7, 11) is 0. The average Bonchev–Trinajstić information content (AvgIpc) is 3.22. The van der Waals surface area contributed by atoms with Crippen molar-refractivity contribution < 1.29 is 28.6 Å². The summed E-state index contributed by atoms with van der Waals surface area (Å²) >= 11 is 0. The molecular formula is C52H92O6. The third kappa shape index (κ3) is 44.5. The molecule has 0 rings (SSSR count). The van der Waals surface area contributed by atoms with E-state index < -0.39 is 6.10 Å². The number of carbonyl (C=O) groups is 3. The van der Waals surface area contributed by atoms with Gasteiger partial charge in [0.25, 0.3) is 0 Å². The second kappa shape index (κ2) is 47.1. The number of ether oxygens (including phenoxy) is 3. The van der Waals surface area contributed by atoms with Crippen molar-refractivity contribution in [1.29, 1.82) is 0 Å². The molecule has 0 spiro atoms. The van der Waals surface area contributed by atoms with Gasteiger partial charge in [-0.25, -0.2) is 0 Å². The van der Waals surface area contributed by atoms with E-state index in [1.807, 2.05) is 0 Å². The predicted octanol–water partition coefficient (Wildman–Crippen LogP) is 15.9. The van der Waals surface area contributed by atoms with Gasteiger partial charge < -0.3 is 14.2 Å². The molecule has 0 radical (unpaired) electrons. The van der Waals surface area contributed by atoms with Gasteiger partial charge in [0.05, 0.1) is 0 Å². The molecule has 0 N–H and O–H groups in total. The molecule has 0 aromatic heterocycles. The smallest absolute Gasteiger partial charge is 0.306 e. The minimum atomic E-state index is -0.791. The first-order valence-electron chi connectivity index (χ1n) is 24.6. The zero-order valence-corrected chi connectivity index (χ0v) is 38.3. The van der Waals surface area contributed by atoms with E-state index in [9.17, 15) is 14.4 Å². The number of hydrogen-bond acceptors (Lipinski definition) is 6. The second-order valence-electron chi connectivity index (χ2n) is 16.3. The van der Waals surface area contributed by atoms with Crippen LogP contribution in [-0.2, 0) is 28.6 Å². The third-order valence-corrected chi connectivity index (χ3v) is 10.6. The van der Waals surface area contributed by atoms with Crippen LogP contribution in [0.3, 0.4) is 0 Å². The monoisotopic (exact) mass is 813 g/mol. The standard InChI is InChI=1S/C52H92O6/c1-4-7-10-13-16-19-22-24-25-26-27-28-29-31-33-36-39-42-45-51(54)57-48-49(47-56-50(53)44-41-38-35-32-21-18-15-12-9-6-3)58-52(55)46-43-40-37-34-30-23-20-17-14-11-8-5-2/h8,11,17,20,27-28,30,34,49H,4-7,9-10,12-16,18-19,21-26,29,31-33,35-48H2,1-3H3/b11-8-,20-17-,28-27-,34-30-. The Kier molecular flexibility index (Phi) is 44.9. The van der Waals surface area contributed by atoms with Crippen LogP contribution in [0.15, 0.2) is 48.6 Å². The van der Waals surface area contributed by atoms with Gasteiger partial charge >= 0.3 is 17.9 Å². The van der Waals surface area contributed by atoms with Crippen LogP contribution in [-0.4, -0.2) is 37.2 Å². The summed E-state index contributed by atoms with van der Waals surface area (Å²) in [6.07, 6.45) is 55.3. The molecule has 0 saturated heterocycles.